The molecule has 0 spiro atoms. The Labute approximate surface area is 174 Å². The number of nitrogens with zero attached hydrogens (tertiary/aromatic N) is 2. The van der Waals surface area contributed by atoms with Gasteiger partial charge in [0.25, 0.3) is 0 Å². The van der Waals surface area contributed by atoms with Crippen LogP contribution in [0.2, 0.25) is 0 Å². The Bertz CT molecular complexity index is 1350. The van der Waals surface area contributed by atoms with E-state index in [9.17, 15) is 4.79 Å². The molecule has 0 radical (unpaired) electrons. The molecule has 0 saturated carbocycles. The number of methoxy groups -OCH3 is 1. The first-order valence-corrected chi connectivity index (χ1v) is 10.3. The van der Waals surface area contributed by atoms with Crippen LogP contribution in [-0.4, -0.2) is 18.2 Å². The van der Waals surface area contributed by atoms with Gasteiger partial charge in [0.05, 0.1) is 24.0 Å². The number of anilines is 1. The minimum atomic E-state index is -0.338. The normalized spacial score (nSPS) is 19.5. The summed E-state index contributed by atoms with van der Waals surface area (Å²) in [6, 6.07) is 17.9. The summed E-state index contributed by atoms with van der Waals surface area (Å²) in [6.45, 7) is 3.31. The summed E-state index contributed by atoms with van der Waals surface area (Å²) in [4.78, 5) is 14.9. The van der Waals surface area contributed by atoms with E-state index in [2.05, 4.69) is 40.8 Å². The number of aromatic nitrogens is 1. The maximum Gasteiger partial charge on any atom is 0.336 e. The lowest BCUT2D eigenvalue weighted by Gasteiger charge is -2.43. The highest BCUT2D eigenvalue weighted by atomic mass is 16.5. The zero-order valence-electron chi connectivity index (χ0n) is 17.0. The monoisotopic (exact) mass is 398 g/mol. The maximum absolute atomic E-state index is 12.4. The fourth-order valence-electron chi connectivity index (χ4n) is 5.25. The number of ether oxygens (including phenoxy) is 1. The molecule has 1 saturated heterocycles. The molecule has 5 heteroatoms. The molecule has 1 unspecified atom stereocenters. The molecule has 4 heterocycles. The van der Waals surface area contributed by atoms with E-state index in [0.717, 1.165) is 53.0 Å². The average Bonchev–Trinajstić information content (AvgIpc) is 3.40. The standard InChI is InChI=1S/C25H22N2O3/c1-25-10-4-12-27(25)21-15-22-19(13-20(21)26-11-3-5-23(25)26)18(14-24(28)30-22)16-6-8-17(29-2)9-7-16/h3,5-9,11,13-15H,4,10,12H2,1-2H3. The van der Waals surface area contributed by atoms with Gasteiger partial charge in [-0.25, -0.2) is 4.79 Å². The molecule has 6 rings (SSSR count). The van der Waals surface area contributed by atoms with Gasteiger partial charge >= 0.3 is 5.63 Å². The molecule has 0 amide bonds. The van der Waals surface area contributed by atoms with Crippen LogP contribution in [0.3, 0.4) is 0 Å². The number of hydrogen-bond acceptors (Lipinski definition) is 4. The third kappa shape index (κ3) is 2.26. The van der Waals surface area contributed by atoms with Gasteiger partial charge in [-0.15, -0.1) is 0 Å². The van der Waals surface area contributed by atoms with Crippen molar-refractivity contribution in [3.05, 3.63) is 76.9 Å². The van der Waals surface area contributed by atoms with E-state index < -0.39 is 0 Å². The fourth-order valence-corrected chi connectivity index (χ4v) is 5.25. The number of rotatable bonds is 2. The predicted molar refractivity (Wildman–Crippen MR) is 118 cm³/mol. The van der Waals surface area contributed by atoms with Crippen LogP contribution in [0.25, 0.3) is 27.8 Å². The third-order valence-electron chi connectivity index (χ3n) is 6.73. The molecule has 150 valence electrons. The molecule has 2 aliphatic rings. The van der Waals surface area contributed by atoms with Crippen molar-refractivity contribution in [2.45, 2.75) is 25.3 Å². The first-order valence-electron chi connectivity index (χ1n) is 10.3. The molecule has 1 fully saturated rings. The summed E-state index contributed by atoms with van der Waals surface area (Å²) in [5.74, 6) is 0.786. The van der Waals surface area contributed by atoms with Crippen molar-refractivity contribution < 1.29 is 9.15 Å². The largest absolute Gasteiger partial charge is 0.497 e. The van der Waals surface area contributed by atoms with Gasteiger partial charge in [0.1, 0.15) is 11.3 Å². The van der Waals surface area contributed by atoms with E-state index in [4.69, 9.17) is 9.15 Å². The minimum Gasteiger partial charge on any atom is -0.497 e. The van der Waals surface area contributed by atoms with Crippen molar-refractivity contribution in [1.29, 1.82) is 0 Å². The highest BCUT2D eigenvalue weighted by molar-refractivity contribution is 5.97. The van der Waals surface area contributed by atoms with E-state index in [1.54, 1.807) is 13.2 Å². The third-order valence-corrected chi connectivity index (χ3v) is 6.73. The smallest absolute Gasteiger partial charge is 0.336 e. The number of benzene rings is 2. The second-order valence-electron chi connectivity index (χ2n) is 8.34. The molecule has 2 aromatic carbocycles. The quantitative estimate of drug-likeness (QED) is 0.442. The van der Waals surface area contributed by atoms with Crippen LogP contribution in [0, 0.1) is 0 Å². The fraction of sp³-hybridized carbons (Fsp3) is 0.240. The van der Waals surface area contributed by atoms with E-state index in [0.29, 0.717) is 5.58 Å². The van der Waals surface area contributed by atoms with Crippen LogP contribution < -0.4 is 15.3 Å². The molecule has 4 aromatic rings. The summed E-state index contributed by atoms with van der Waals surface area (Å²) in [5, 5.41) is 0.931. The topological polar surface area (TPSA) is 47.6 Å². The summed E-state index contributed by atoms with van der Waals surface area (Å²) < 4.78 is 13.2. The van der Waals surface area contributed by atoms with Crippen LogP contribution in [0.4, 0.5) is 5.69 Å². The van der Waals surface area contributed by atoms with Crippen molar-refractivity contribution in [2.75, 3.05) is 18.6 Å². The van der Waals surface area contributed by atoms with Crippen molar-refractivity contribution >= 4 is 16.7 Å². The van der Waals surface area contributed by atoms with Gasteiger partial charge in [-0.2, -0.15) is 0 Å². The molecule has 0 aliphatic carbocycles. The second-order valence-corrected chi connectivity index (χ2v) is 8.34. The van der Waals surface area contributed by atoms with Gasteiger partial charge in [0.15, 0.2) is 0 Å². The molecule has 2 aliphatic heterocycles. The molecule has 0 bridgehead atoms. The van der Waals surface area contributed by atoms with Crippen LogP contribution in [0.15, 0.2) is 70.0 Å². The Morgan fingerprint density at radius 1 is 1.07 bits per heavy atom. The molecule has 0 N–H and O–H groups in total. The molecular formula is C25H22N2O3. The lowest BCUT2D eigenvalue weighted by Crippen LogP contribution is -2.43. The van der Waals surface area contributed by atoms with E-state index in [1.807, 2.05) is 30.3 Å². The predicted octanol–water partition coefficient (Wildman–Crippen LogP) is 5.09. The Hall–Kier alpha value is -3.47. The summed E-state index contributed by atoms with van der Waals surface area (Å²) >= 11 is 0. The maximum atomic E-state index is 12.4. The van der Waals surface area contributed by atoms with Crippen molar-refractivity contribution in [1.82, 2.24) is 4.57 Å². The summed E-state index contributed by atoms with van der Waals surface area (Å²) in [5.41, 5.74) is 5.66. The first-order chi connectivity index (χ1) is 14.6. The van der Waals surface area contributed by atoms with Gasteiger partial charge in [-0.05, 0) is 61.2 Å². The summed E-state index contributed by atoms with van der Waals surface area (Å²) in [6.07, 6.45) is 4.40. The zero-order valence-corrected chi connectivity index (χ0v) is 17.0. The Balaban J connectivity index is 1.64. The van der Waals surface area contributed by atoms with Gasteiger partial charge in [-0.3, -0.25) is 0 Å². The van der Waals surface area contributed by atoms with Crippen molar-refractivity contribution in [3.8, 4) is 22.6 Å². The van der Waals surface area contributed by atoms with Crippen LogP contribution in [-0.2, 0) is 5.54 Å². The zero-order chi connectivity index (χ0) is 20.5. The van der Waals surface area contributed by atoms with E-state index >= 15 is 0 Å². The lowest BCUT2D eigenvalue weighted by molar-refractivity contribution is 0.415. The molecule has 2 aromatic heterocycles. The Morgan fingerprint density at radius 3 is 2.70 bits per heavy atom. The highest BCUT2D eigenvalue weighted by Gasteiger charge is 2.44. The van der Waals surface area contributed by atoms with Crippen molar-refractivity contribution in [3.63, 3.8) is 0 Å². The Morgan fingerprint density at radius 2 is 1.90 bits per heavy atom. The number of fused-ring (bicyclic) bond motifs is 7. The molecule has 1 atom stereocenters. The van der Waals surface area contributed by atoms with Gasteiger partial charge < -0.3 is 18.6 Å². The Kier molecular flexibility index (Phi) is 3.49. The first kappa shape index (κ1) is 17.4. The average molecular weight is 398 g/mol. The van der Waals surface area contributed by atoms with Crippen molar-refractivity contribution in [2.24, 2.45) is 0 Å². The van der Waals surface area contributed by atoms with Gasteiger partial charge in [-0.1, -0.05) is 12.1 Å². The van der Waals surface area contributed by atoms with Crippen LogP contribution in [0.1, 0.15) is 25.5 Å². The SMILES string of the molecule is COc1ccc(-c2cc(=O)oc3cc4c(cc23)-n2cccc2C2(C)CCCN42)cc1. The summed E-state index contributed by atoms with van der Waals surface area (Å²) in [7, 11) is 1.65. The second kappa shape index (κ2) is 6.02. The highest BCUT2D eigenvalue weighted by Crippen LogP contribution is 2.49. The lowest BCUT2D eigenvalue weighted by atomic mass is 9.91. The minimum absolute atomic E-state index is 0.0297. The van der Waals surface area contributed by atoms with Gasteiger partial charge in [0.2, 0.25) is 0 Å². The van der Waals surface area contributed by atoms with Crippen LogP contribution >= 0.6 is 0 Å². The molecule has 30 heavy (non-hydrogen) atoms. The molecule has 5 nitrogen and oxygen atoms in total. The molecular weight excluding hydrogens is 376 g/mol. The van der Waals surface area contributed by atoms with Crippen LogP contribution in [0.5, 0.6) is 5.75 Å². The number of hydrogen-bond donors (Lipinski definition) is 0. The van der Waals surface area contributed by atoms with E-state index in [-0.39, 0.29) is 11.2 Å². The van der Waals surface area contributed by atoms with E-state index in [1.165, 1.54) is 5.69 Å². The van der Waals surface area contributed by atoms with Gasteiger partial charge in [0, 0.05) is 36.0 Å².